The van der Waals surface area contributed by atoms with Crippen molar-refractivity contribution < 1.29 is 14.3 Å². The Bertz CT molecular complexity index is 1040. The number of benzene rings is 2. The normalized spacial score (nSPS) is 16.4. The number of amides is 2. The van der Waals surface area contributed by atoms with Crippen LogP contribution in [0.3, 0.4) is 0 Å². The zero-order chi connectivity index (χ0) is 25.5. The highest BCUT2D eigenvalue weighted by molar-refractivity contribution is 6.02. The molecule has 2 N–H and O–H groups in total. The van der Waals surface area contributed by atoms with Crippen LogP contribution in [-0.4, -0.2) is 51.1 Å². The van der Waals surface area contributed by atoms with Crippen LogP contribution < -0.4 is 25.2 Å². The smallest absolute Gasteiger partial charge is 0.253 e. The first-order valence-corrected chi connectivity index (χ1v) is 13.4. The lowest BCUT2D eigenvalue weighted by Crippen LogP contribution is -2.47. The Balaban J connectivity index is 1.50. The van der Waals surface area contributed by atoms with Gasteiger partial charge in [0, 0.05) is 49.5 Å². The number of nitrogens with zero attached hydrogens (tertiary/aromatic N) is 2. The maximum atomic E-state index is 13.2. The summed E-state index contributed by atoms with van der Waals surface area (Å²) < 4.78 is 5.55. The van der Waals surface area contributed by atoms with Crippen LogP contribution in [0.25, 0.3) is 0 Å². The van der Waals surface area contributed by atoms with Crippen LogP contribution in [0, 0.1) is 5.92 Å². The fourth-order valence-corrected chi connectivity index (χ4v) is 4.86. The summed E-state index contributed by atoms with van der Waals surface area (Å²) >= 11 is 0. The molecule has 0 aromatic heterocycles. The third-order valence-electron chi connectivity index (χ3n) is 7.24. The van der Waals surface area contributed by atoms with Crippen molar-refractivity contribution >= 4 is 28.9 Å². The van der Waals surface area contributed by atoms with Gasteiger partial charge in [-0.3, -0.25) is 9.59 Å². The van der Waals surface area contributed by atoms with Crippen LogP contribution in [0.2, 0.25) is 0 Å². The van der Waals surface area contributed by atoms with Crippen LogP contribution in [0.4, 0.5) is 17.1 Å². The highest BCUT2D eigenvalue weighted by atomic mass is 16.5. The van der Waals surface area contributed by atoms with E-state index in [0.29, 0.717) is 11.3 Å². The van der Waals surface area contributed by atoms with Gasteiger partial charge >= 0.3 is 0 Å². The zero-order valence-corrected chi connectivity index (χ0v) is 21.9. The van der Waals surface area contributed by atoms with Gasteiger partial charge in [-0.05, 0) is 56.0 Å². The summed E-state index contributed by atoms with van der Waals surface area (Å²) in [5, 5.41) is 6.21. The van der Waals surface area contributed by atoms with E-state index in [4.69, 9.17) is 4.74 Å². The van der Waals surface area contributed by atoms with Crippen LogP contribution >= 0.6 is 0 Å². The molecule has 2 aromatic rings. The second kappa shape index (κ2) is 12.2. The van der Waals surface area contributed by atoms with Gasteiger partial charge in [0.25, 0.3) is 5.91 Å². The fourth-order valence-electron chi connectivity index (χ4n) is 4.86. The number of hydrogen-bond donors (Lipinski definition) is 2. The van der Waals surface area contributed by atoms with Crippen LogP contribution in [0.1, 0.15) is 62.7 Å². The van der Waals surface area contributed by atoms with Crippen LogP contribution in [-0.2, 0) is 4.79 Å². The lowest BCUT2D eigenvalue weighted by atomic mass is 9.98. The number of nitrogens with one attached hydrogen (secondary N) is 2. The Morgan fingerprint density at radius 3 is 2.33 bits per heavy atom. The summed E-state index contributed by atoms with van der Waals surface area (Å²) in [5.74, 6) is 0.850. The van der Waals surface area contributed by atoms with Gasteiger partial charge in [0.2, 0.25) is 5.91 Å². The molecular weight excluding hydrogens is 452 g/mol. The molecule has 1 aliphatic heterocycles. The van der Waals surface area contributed by atoms with Crippen LogP contribution in [0.5, 0.6) is 5.75 Å². The number of hydrogen-bond acceptors (Lipinski definition) is 5. The number of piperazine rings is 1. The summed E-state index contributed by atoms with van der Waals surface area (Å²) in [7, 11) is 1.70. The largest absolute Gasteiger partial charge is 0.495 e. The molecule has 7 heteroatoms. The number of carbonyl (C=O) groups excluding carboxylic acids is 2. The van der Waals surface area contributed by atoms with Crippen molar-refractivity contribution in [1.29, 1.82) is 0 Å². The first kappa shape index (κ1) is 25.9. The predicted molar refractivity (Wildman–Crippen MR) is 146 cm³/mol. The second-order valence-corrected chi connectivity index (χ2v) is 9.86. The van der Waals surface area contributed by atoms with Crippen molar-refractivity contribution in [1.82, 2.24) is 5.32 Å². The van der Waals surface area contributed by atoms with Gasteiger partial charge in [0.1, 0.15) is 5.75 Å². The van der Waals surface area contributed by atoms with Crippen molar-refractivity contribution in [3.63, 3.8) is 0 Å². The Hall–Kier alpha value is -3.22. The zero-order valence-electron chi connectivity index (χ0n) is 21.9. The van der Waals surface area contributed by atoms with Crippen molar-refractivity contribution in [3.05, 3.63) is 48.0 Å². The van der Waals surface area contributed by atoms with E-state index in [1.807, 2.05) is 36.4 Å². The van der Waals surface area contributed by atoms with Gasteiger partial charge in [-0.15, -0.1) is 0 Å². The van der Waals surface area contributed by atoms with Gasteiger partial charge in [-0.25, -0.2) is 0 Å². The van der Waals surface area contributed by atoms with Crippen LogP contribution in [0.15, 0.2) is 42.5 Å². The first-order chi connectivity index (χ1) is 17.5. The minimum Gasteiger partial charge on any atom is -0.495 e. The molecule has 0 spiro atoms. The van der Waals surface area contributed by atoms with Gasteiger partial charge < -0.3 is 25.2 Å². The van der Waals surface area contributed by atoms with E-state index in [1.54, 1.807) is 7.11 Å². The van der Waals surface area contributed by atoms with Crippen molar-refractivity contribution in [2.24, 2.45) is 5.92 Å². The van der Waals surface area contributed by atoms with Gasteiger partial charge in [0.15, 0.2) is 0 Å². The van der Waals surface area contributed by atoms with Crippen molar-refractivity contribution in [2.75, 3.05) is 48.4 Å². The van der Waals surface area contributed by atoms with E-state index in [0.717, 1.165) is 81.8 Å². The molecular formula is C29H40N4O3. The topological polar surface area (TPSA) is 73.9 Å². The van der Waals surface area contributed by atoms with E-state index in [-0.39, 0.29) is 23.8 Å². The molecule has 1 saturated carbocycles. The molecule has 1 saturated heterocycles. The Kier molecular flexibility index (Phi) is 8.73. The average molecular weight is 493 g/mol. The lowest BCUT2D eigenvalue weighted by molar-refractivity contribution is -0.120. The molecule has 36 heavy (non-hydrogen) atoms. The molecule has 1 atom stereocenters. The molecule has 0 bridgehead atoms. The summed E-state index contributed by atoms with van der Waals surface area (Å²) in [5.41, 5.74) is 3.33. The van der Waals surface area contributed by atoms with E-state index < -0.39 is 0 Å². The third-order valence-corrected chi connectivity index (χ3v) is 7.24. The SMILES string of the molecule is CCCCC(CC)C(=O)Nc1ccc(N2CCN(c3ccccc3OC)CC2)c(C(=O)NC2CC2)c1. The minimum absolute atomic E-state index is 0.00331. The van der Waals surface area contributed by atoms with Crippen molar-refractivity contribution in [2.45, 2.75) is 58.4 Å². The number of anilines is 3. The summed E-state index contributed by atoms with van der Waals surface area (Å²) in [6, 6.07) is 14.1. The maximum absolute atomic E-state index is 13.2. The molecule has 2 fully saturated rings. The molecule has 194 valence electrons. The number of methoxy groups -OCH3 is 1. The molecule has 2 aromatic carbocycles. The van der Waals surface area contributed by atoms with E-state index in [1.165, 1.54) is 0 Å². The molecule has 4 rings (SSSR count). The highest BCUT2D eigenvalue weighted by Gasteiger charge is 2.28. The lowest BCUT2D eigenvalue weighted by Gasteiger charge is -2.38. The number of rotatable bonds is 11. The summed E-state index contributed by atoms with van der Waals surface area (Å²) in [6.45, 7) is 7.45. The Labute approximate surface area is 215 Å². The van der Waals surface area contributed by atoms with E-state index >= 15 is 0 Å². The number of para-hydroxylation sites is 2. The Morgan fingerprint density at radius 2 is 1.69 bits per heavy atom. The third kappa shape index (κ3) is 6.31. The molecule has 2 aliphatic rings. The number of unbranched alkanes of at least 4 members (excludes halogenated alkanes) is 1. The van der Waals surface area contributed by atoms with Crippen molar-refractivity contribution in [3.8, 4) is 5.75 Å². The number of ether oxygens (including phenoxy) is 1. The van der Waals surface area contributed by atoms with Gasteiger partial charge in [0.05, 0.1) is 18.4 Å². The minimum atomic E-state index is -0.0613. The molecule has 1 aliphatic carbocycles. The highest BCUT2D eigenvalue weighted by Crippen LogP contribution is 2.31. The average Bonchev–Trinajstić information content (AvgIpc) is 3.73. The van der Waals surface area contributed by atoms with E-state index in [9.17, 15) is 9.59 Å². The second-order valence-electron chi connectivity index (χ2n) is 9.86. The number of carbonyl (C=O) groups is 2. The summed E-state index contributed by atoms with van der Waals surface area (Å²) in [6.07, 6.45) is 5.89. The molecule has 2 amide bonds. The molecule has 7 nitrogen and oxygen atoms in total. The molecule has 1 unspecified atom stereocenters. The molecule has 1 heterocycles. The van der Waals surface area contributed by atoms with Gasteiger partial charge in [-0.2, -0.15) is 0 Å². The standard InChI is InChI=1S/C29H40N4O3/c1-4-6-9-21(5-2)28(34)31-23-14-15-25(24(20-23)29(35)30-22-12-13-22)32-16-18-33(19-17-32)26-10-7-8-11-27(26)36-3/h7-8,10-11,14-15,20-22H,4-6,9,12-13,16-19H2,1-3H3,(H,30,35)(H,31,34). The quantitative estimate of drug-likeness (QED) is 0.458. The monoisotopic (exact) mass is 492 g/mol. The maximum Gasteiger partial charge on any atom is 0.253 e. The fraction of sp³-hybridized carbons (Fsp3) is 0.517. The Morgan fingerprint density at radius 1 is 1.00 bits per heavy atom. The first-order valence-electron chi connectivity index (χ1n) is 13.4. The van der Waals surface area contributed by atoms with E-state index in [2.05, 4.69) is 40.3 Å². The predicted octanol–water partition coefficient (Wildman–Crippen LogP) is 5.07. The van der Waals surface area contributed by atoms with Gasteiger partial charge in [-0.1, -0.05) is 38.8 Å². The molecule has 0 radical (unpaired) electrons. The summed E-state index contributed by atoms with van der Waals surface area (Å²) in [4.78, 5) is 30.7.